The number of hydrogen-bond acceptors (Lipinski definition) is 2. The minimum atomic E-state index is -0.0923. The van der Waals surface area contributed by atoms with E-state index in [2.05, 4.69) is 0 Å². The average Bonchev–Trinajstić information content (AvgIpc) is 2.49. The van der Waals surface area contributed by atoms with Crippen LogP contribution in [-0.2, 0) is 6.61 Å². The predicted octanol–water partition coefficient (Wildman–Crippen LogP) is 2.58. The molecule has 62 valence electrons. The van der Waals surface area contributed by atoms with Crippen LogP contribution < -0.4 is 0 Å². The van der Waals surface area contributed by atoms with Crippen LogP contribution in [0.15, 0.2) is 28.7 Å². The fourth-order valence-corrected chi connectivity index (χ4v) is 1.38. The molecule has 3 heteroatoms. The van der Waals surface area contributed by atoms with Crippen molar-refractivity contribution in [3.63, 3.8) is 0 Å². The Bertz CT molecular complexity index is 406. The van der Waals surface area contributed by atoms with Gasteiger partial charge >= 0.3 is 0 Å². The second kappa shape index (κ2) is 2.81. The molecular weight excluding hydrogens is 176 g/mol. The largest absolute Gasteiger partial charge is 0.457 e. The van der Waals surface area contributed by atoms with Crippen LogP contribution in [0.2, 0.25) is 5.02 Å². The van der Waals surface area contributed by atoms with E-state index in [1.807, 2.05) is 12.1 Å². The third-order valence-electron chi connectivity index (χ3n) is 1.70. The van der Waals surface area contributed by atoms with E-state index in [0.29, 0.717) is 16.4 Å². The van der Waals surface area contributed by atoms with Gasteiger partial charge in [0.05, 0.1) is 5.02 Å². The summed E-state index contributed by atoms with van der Waals surface area (Å²) in [6, 6.07) is 7.28. The molecule has 1 aromatic heterocycles. The summed E-state index contributed by atoms with van der Waals surface area (Å²) in [5, 5.41) is 10.3. The molecule has 2 aromatic rings. The molecule has 0 aliphatic heterocycles. The minimum Gasteiger partial charge on any atom is -0.457 e. The van der Waals surface area contributed by atoms with Crippen LogP contribution in [0.25, 0.3) is 11.0 Å². The molecule has 0 radical (unpaired) electrons. The average molecular weight is 183 g/mol. The van der Waals surface area contributed by atoms with Gasteiger partial charge in [0.1, 0.15) is 12.4 Å². The summed E-state index contributed by atoms with van der Waals surface area (Å²) in [5.74, 6) is 0.540. The van der Waals surface area contributed by atoms with Crippen molar-refractivity contribution < 1.29 is 9.52 Å². The Morgan fingerprint density at radius 3 is 2.92 bits per heavy atom. The fourth-order valence-electron chi connectivity index (χ4n) is 1.16. The zero-order valence-corrected chi connectivity index (χ0v) is 7.01. The van der Waals surface area contributed by atoms with Crippen molar-refractivity contribution in [1.82, 2.24) is 0 Å². The monoisotopic (exact) mass is 182 g/mol. The van der Waals surface area contributed by atoms with Crippen LogP contribution in [0.3, 0.4) is 0 Å². The van der Waals surface area contributed by atoms with Gasteiger partial charge in [-0.2, -0.15) is 0 Å². The zero-order valence-electron chi connectivity index (χ0n) is 6.25. The van der Waals surface area contributed by atoms with E-state index in [9.17, 15) is 0 Å². The first-order valence-corrected chi connectivity index (χ1v) is 3.97. The number of aliphatic hydroxyl groups is 1. The molecule has 1 aromatic carbocycles. The van der Waals surface area contributed by atoms with E-state index in [0.717, 1.165) is 5.39 Å². The van der Waals surface area contributed by atoms with Crippen LogP contribution >= 0.6 is 11.6 Å². The quantitative estimate of drug-likeness (QED) is 0.736. The van der Waals surface area contributed by atoms with Crippen molar-refractivity contribution in [1.29, 1.82) is 0 Å². The van der Waals surface area contributed by atoms with Crippen LogP contribution in [-0.4, -0.2) is 5.11 Å². The van der Waals surface area contributed by atoms with Crippen LogP contribution in [0.5, 0.6) is 0 Å². The van der Waals surface area contributed by atoms with Gasteiger partial charge in [0, 0.05) is 5.39 Å². The highest BCUT2D eigenvalue weighted by molar-refractivity contribution is 6.34. The molecule has 0 fully saturated rings. The van der Waals surface area contributed by atoms with Gasteiger partial charge in [-0.1, -0.05) is 23.7 Å². The zero-order chi connectivity index (χ0) is 8.55. The smallest absolute Gasteiger partial charge is 0.152 e. The molecule has 0 unspecified atom stereocenters. The van der Waals surface area contributed by atoms with E-state index in [4.69, 9.17) is 21.1 Å². The molecule has 0 atom stereocenters. The first-order valence-electron chi connectivity index (χ1n) is 3.59. The Balaban J connectivity index is 2.74. The number of halogens is 1. The van der Waals surface area contributed by atoms with E-state index in [1.54, 1.807) is 12.1 Å². The maximum Gasteiger partial charge on any atom is 0.152 e. The fraction of sp³-hybridized carbons (Fsp3) is 0.111. The molecule has 0 spiro atoms. The molecule has 0 bridgehead atoms. The van der Waals surface area contributed by atoms with Gasteiger partial charge in [-0.25, -0.2) is 0 Å². The Morgan fingerprint density at radius 2 is 2.25 bits per heavy atom. The van der Waals surface area contributed by atoms with Crippen molar-refractivity contribution in [2.24, 2.45) is 0 Å². The second-order valence-electron chi connectivity index (χ2n) is 2.53. The molecule has 1 N–H and O–H groups in total. The van der Waals surface area contributed by atoms with Gasteiger partial charge < -0.3 is 9.52 Å². The summed E-state index contributed by atoms with van der Waals surface area (Å²) in [4.78, 5) is 0. The van der Waals surface area contributed by atoms with Gasteiger partial charge in [0.25, 0.3) is 0 Å². The molecular formula is C9H7ClO2. The molecule has 12 heavy (non-hydrogen) atoms. The summed E-state index contributed by atoms with van der Waals surface area (Å²) < 4.78 is 5.27. The van der Waals surface area contributed by atoms with Crippen molar-refractivity contribution in [2.75, 3.05) is 0 Å². The third-order valence-corrected chi connectivity index (χ3v) is 2.00. The van der Waals surface area contributed by atoms with Crippen LogP contribution in [0.1, 0.15) is 5.76 Å². The number of aliphatic hydroxyl groups excluding tert-OH is 1. The van der Waals surface area contributed by atoms with E-state index in [-0.39, 0.29) is 6.61 Å². The molecule has 2 nitrogen and oxygen atoms in total. The minimum absolute atomic E-state index is 0.0923. The standard InChI is InChI=1S/C9H7ClO2/c10-8-3-1-2-6-4-7(5-11)12-9(6)8/h1-4,11H,5H2. The molecule has 0 aliphatic rings. The lowest BCUT2D eigenvalue weighted by Crippen LogP contribution is -1.72. The summed E-state index contributed by atoms with van der Waals surface area (Å²) in [6.07, 6.45) is 0. The number of para-hydroxylation sites is 1. The first kappa shape index (κ1) is 7.65. The maximum atomic E-state index is 8.79. The molecule has 0 aliphatic carbocycles. The molecule has 2 rings (SSSR count). The van der Waals surface area contributed by atoms with Crippen molar-refractivity contribution in [3.8, 4) is 0 Å². The topological polar surface area (TPSA) is 33.4 Å². The normalized spacial score (nSPS) is 10.8. The predicted molar refractivity (Wildman–Crippen MR) is 47.1 cm³/mol. The molecule has 1 heterocycles. The van der Waals surface area contributed by atoms with Crippen LogP contribution in [0.4, 0.5) is 0 Å². The lowest BCUT2D eigenvalue weighted by Gasteiger charge is -1.89. The van der Waals surface area contributed by atoms with E-state index >= 15 is 0 Å². The summed E-state index contributed by atoms with van der Waals surface area (Å²) >= 11 is 5.85. The van der Waals surface area contributed by atoms with Crippen molar-refractivity contribution in [3.05, 3.63) is 35.0 Å². The van der Waals surface area contributed by atoms with Crippen LogP contribution in [0, 0.1) is 0 Å². The molecule has 0 saturated carbocycles. The van der Waals surface area contributed by atoms with Gasteiger partial charge in [-0.05, 0) is 12.1 Å². The van der Waals surface area contributed by atoms with E-state index in [1.165, 1.54) is 0 Å². The number of rotatable bonds is 1. The highest BCUT2D eigenvalue weighted by Crippen LogP contribution is 2.26. The number of fused-ring (bicyclic) bond motifs is 1. The van der Waals surface area contributed by atoms with Crippen molar-refractivity contribution >= 4 is 22.6 Å². The van der Waals surface area contributed by atoms with Gasteiger partial charge in [0.2, 0.25) is 0 Å². The number of furan rings is 1. The Morgan fingerprint density at radius 1 is 1.42 bits per heavy atom. The highest BCUT2D eigenvalue weighted by Gasteiger charge is 2.04. The Labute approximate surface area is 74.4 Å². The van der Waals surface area contributed by atoms with E-state index < -0.39 is 0 Å². The summed E-state index contributed by atoms with van der Waals surface area (Å²) in [7, 11) is 0. The Hall–Kier alpha value is -0.990. The number of hydrogen-bond donors (Lipinski definition) is 1. The molecule has 0 saturated heterocycles. The lowest BCUT2D eigenvalue weighted by atomic mass is 10.2. The van der Waals surface area contributed by atoms with Crippen molar-refractivity contribution in [2.45, 2.75) is 6.61 Å². The molecule has 0 amide bonds. The SMILES string of the molecule is OCc1cc2cccc(Cl)c2o1. The van der Waals surface area contributed by atoms with Gasteiger partial charge in [-0.3, -0.25) is 0 Å². The number of benzene rings is 1. The first-order chi connectivity index (χ1) is 5.81. The Kier molecular flexibility index (Phi) is 1.79. The summed E-state index contributed by atoms with van der Waals surface area (Å²) in [6.45, 7) is -0.0923. The summed E-state index contributed by atoms with van der Waals surface area (Å²) in [5.41, 5.74) is 0.642. The van der Waals surface area contributed by atoms with Gasteiger partial charge in [-0.15, -0.1) is 0 Å². The second-order valence-corrected chi connectivity index (χ2v) is 2.94. The lowest BCUT2D eigenvalue weighted by molar-refractivity contribution is 0.251. The maximum absolute atomic E-state index is 8.79. The third kappa shape index (κ3) is 1.09. The highest BCUT2D eigenvalue weighted by atomic mass is 35.5. The van der Waals surface area contributed by atoms with Gasteiger partial charge in [0.15, 0.2) is 5.58 Å².